The summed E-state index contributed by atoms with van der Waals surface area (Å²) >= 11 is 0.281. The van der Waals surface area contributed by atoms with Gasteiger partial charge in [0, 0.05) is 0 Å². The van der Waals surface area contributed by atoms with Gasteiger partial charge in [-0.1, -0.05) is 0 Å². The monoisotopic (exact) mass is 305 g/mol. The van der Waals surface area contributed by atoms with Crippen LogP contribution < -0.4 is 0 Å². The summed E-state index contributed by atoms with van der Waals surface area (Å²) in [4.78, 5) is 10.1. The molecule has 0 aliphatic carbocycles. The van der Waals surface area contributed by atoms with E-state index in [1.54, 1.807) is 0 Å². The number of ether oxygens (including phenoxy) is 1. The Balaban J connectivity index is 3.32. The van der Waals surface area contributed by atoms with Gasteiger partial charge in [0.2, 0.25) is 0 Å². The van der Waals surface area contributed by atoms with Crippen molar-refractivity contribution in [1.29, 1.82) is 0 Å². The Labute approximate surface area is 64.0 Å². The summed E-state index contributed by atoms with van der Waals surface area (Å²) in [6.07, 6.45) is 0. The Morgan fingerprint density at radius 2 is 2.50 bits per heavy atom. The molecule has 0 saturated heterocycles. The van der Waals surface area contributed by atoms with Crippen LogP contribution >= 0.6 is 0 Å². The molecule has 1 N–H and O–H groups in total. The number of carboxylic acid groups (broad SMARTS) is 1. The zero-order chi connectivity index (χ0) is 6.57. The number of carboxylic acids is 1. The molecule has 3 nitrogen and oxygen atoms in total. The molecule has 0 rings (SSSR count). The van der Waals surface area contributed by atoms with Gasteiger partial charge in [0.25, 0.3) is 0 Å². The molecule has 0 spiro atoms. The van der Waals surface area contributed by atoms with Crippen molar-refractivity contribution >= 4 is 5.97 Å². The van der Waals surface area contributed by atoms with Crippen LogP contribution in [0.5, 0.6) is 0 Å². The summed E-state index contributed by atoms with van der Waals surface area (Å²) in [5.41, 5.74) is 0. The molecular formula is C4H7HgO3. The van der Waals surface area contributed by atoms with Crippen molar-refractivity contribution in [1.82, 2.24) is 0 Å². The normalized spacial score (nSPS) is 13.4. The predicted octanol–water partition coefficient (Wildman–Crippen LogP) is 0.0527. The number of rotatable bonds is 3. The Kier molecular flexibility index (Phi) is 4.46. The number of hydrogen-bond donors (Lipinski definition) is 1. The van der Waals surface area contributed by atoms with Gasteiger partial charge >= 0.3 is 63.9 Å². The fraction of sp³-hybridized carbons (Fsp3) is 0.750. The van der Waals surface area contributed by atoms with Crippen molar-refractivity contribution in [3.63, 3.8) is 0 Å². The summed E-state index contributed by atoms with van der Waals surface area (Å²) < 4.78 is 4.44. The molecular weight excluding hydrogens is 297 g/mol. The molecule has 4 heteroatoms. The molecule has 0 amide bonds. The second kappa shape index (κ2) is 4.26. The molecule has 0 aliphatic rings. The molecule has 0 heterocycles. The van der Waals surface area contributed by atoms with Crippen LogP contribution in [0.1, 0.15) is 0 Å². The molecule has 0 bridgehead atoms. The van der Waals surface area contributed by atoms with E-state index in [1.165, 1.54) is 7.11 Å². The van der Waals surface area contributed by atoms with Gasteiger partial charge < -0.3 is 0 Å². The summed E-state index contributed by atoms with van der Waals surface area (Å²) in [5.74, 6) is -0.727. The molecule has 0 aromatic rings. The first-order chi connectivity index (χ1) is 3.68. The molecule has 1 atom stereocenters. The molecule has 0 fully saturated rings. The number of methoxy groups -OCH3 is 1. The topological polar surface area (TPSA) is 46.5 Å². The molecule has 0 aliphatic heterocycles. The van der Waals surface area contributed by atoms with Crippen molar-refractivity contribution < 1.29 is 40.8 Å². The van der Waals surface area contributed by atoms with Gasteiger partial charge in [0.1, 0.15) is 0 Å². The average molecular weight is 304 g/mol. The first-order valence-corrected chi connectivity index (χ1v) is 5.40. The SMILES string of the molecule is COC[CH]([Hg])C(=O)O. The van der Waals surface area contributed by atoms with E-state index in [0.717, 1.165) is 0 Å². The molecule has 8 heavy (non-hydrogen) atoms. The van der Waals surface area contributed by atoms with Crippen molar-refractivity contribution in [2.45, 2.75) is 3.43 Å². The van der Waals surface area contributed by atoms with E-state index < -0.39 is 5.97 Å². The van der Waals surface area contributed by atoms with Crippen LogP contribution in [0.4, 0.5) is 0 Å². The summed E-state index contributed by atoms with van der Waals surface area (Å²) in [6.45, 7) is 0.373. The van der Waals surface area contributed by atoms with E-state index >= 15 is 0 Å². The van der Waals surface area contributed by atoms with E-state index in [1.807, 2.05) is 0 Å². The fourth-order valence-electron chi connectivity index (χ4n) is 0.272. The van der Waals surface area contributed by atoms with Crippen LogP contribution in [0.25, 0.3) is 0 Å². The van der Waals surface area contributed by atoms with Gasteiger partial charge in [-0.3, -0.25) is 0 Å². The average Bonchev–Trinajstić information content (AvgIpc) is 1.67. The zero-order valence-corrected chi connectivity index (χ0v) is 10.3. The van der Waals surface area contributed by atoms with Crippen molar-refractivity contribution in [3.05, 3.63) is 0 Å². The second-order valence-corrected chi connectivity index (χ2v) is 5.32. The molecule has 1 unspecified atom stereocenters. The van der Waals surface area contributed by atoms with E-state index in [4.69, 9.17) is 5.11 Å². The second-order valence-electron chi connectivity index (χ2n) is 1.49. The van der Waals surface area contributed by atoms with Gasteiger partial charge in [-0.15, -0.1) is 0 Å². The first-order valence-electron chi connectivity index (χ1n) is 2.23. The third-order valence-corrected chi connectivity index (χ3v) is 2.99. The minimum atomic E-state index is -0.727. The zero-order valence-electron chi connectivity index (χ0n) is 4.76. The molecule has 0 saturated carbocycles. The van der Waals surface area contributed by atoms with Crippen molar-refractivity contribution in [2.75, 3.05) is 13.7 Å². The third kappa shape index (κ3) is 3.38. The van der Waals surface area contributed by atoms with Crippen LogP contribution in [-0.4, -0.2) is 24.8 Å². The predicted molar refractivity (Wildman–Crippen MR) is 23.3 cm³/mol. The van der Waals surface area contributed by atoms with E-state index in [0.29, 0.717) is 6.61 Å². The van der Waals surface area contributed by atoms with Crippen LogP contribution in [-0.2, 0) is 35.7 Å². The standard InChI is InChI=1S/C4H7O3.Hg/c1-7-3-2-4(5)6;/h2H,3H2,1H3,(H,5,6);. The van der Waals surface area contributed by atoms with E-state index in [9.17, 15) is 4.79 Å². The third-order valence-electron chi connectivity index (χ3n) is 0.717. The van der Waals surface area contributed by atoms with E-state index in [-0.39, 0.29) is 29.5 Å². The van der Waals surface area contributed by atoms with Gasteiger partial charge in [0.15, 0.2) is 0 Å². The number of hydrogen-bond acceptors (Lipinski definition) is 2. The van der Waals surface area contributed by atoms with E-state index in [2.05, 4.69) is 4.74 Å². The van der Waals surface area contributed by atoms with Gasteiger partial charge in [-0.05, 0) is 0 Å². The quantitative estimate of drug-likeness (QED) is 0.750. The van der Waals surface area contributed by atoms with Crippen LogP contribution in [0, 0.1) is 0 Å². The summed E-state index contributed by atoms with van der Waals surface area (Å²) in [6, 6.07) is 0. The van der Waals surface area contributed by atoms with Crippen LogP contribution in [0.2, 0.25) is 3.43 Å². The van der Waals surface area contributed by atoms with Gasteiger partial charge in [0.05, 0.1) is 0 Å². The Hall–Kier alpha value is 0.365. The molecule has 43 valence electrons. The van der Waals surface area contributed by atoms with Crippen LogP contribution in [0.3, 0.4) is 0 Å². The fourth-order valence-corrected chi connectivity index (χ4v) is 1.19. The summed E-state index contributed by atoms with van der Waals surface area (Å²) in [5, 5.41) is 8.28. The van der Waals surface area contributed by atoms with Crippen LogP contribution in [0.15, 0.2) is 0 Å². The number of carbonyl (C=O) groups is 1. The molecule has 0 aromatic carbocycles. The number of aliphatic carboxylic acids is 1. The first kappa shape index (κ1) is 8.37. The minimum absolute atomic E-state index is 0.194. The Morgan fingerprint density at radius 1 is 2.00 bits per heavy atom. The summed E-state index contributed by atoms with van der Waals surface area (Å²) in [7, 11) is 1.52. The molecule has 0 aromatic heterocycles. The van der Waals surface area contributed by atoms with Crippen molar-refractivity contribution in [2.24, 2.45) is 0 Å². The van der Waals surface area contributed by atoms with Gasteiger partial charge in [-0.2, -0.15) is 0 Å². The maximum atomic E-state index is 10.1. The Morgan fingerprint density at radius 3 is 2.62 bits per heavy atom. The molecule has 0 radical (unpaired) electrons. The Bertz CT molecular complexity index is 83.4. The van der Waals surface area contributed by atoms with Gasteiger partial charge in [-0.25, -0.2) is 0 Å². The maximum absolute atomic E-state index is 10.1. The van der Waals surface area contributed by atoms with Crippen molar-refractivity contribution in [3.8, 4) is 0 Å².